The molecule has 0 radical (unpaired) electrons. The molecule has 1 fully saturated rings. The van der Waals surface area contributed by atoms with Gasteiger partial charge in [-0.3, -0.25) is 9.78 Å². The van der Waals surface area contributed by atoms with E-state index in [0.29, 0.717) is 12.0 Å². The number of para-hydroxylation sites is 1. The summed E-state index contributed by atoms with van der Waals surface area (Å²) in [5, 5.41) is 4.97. The first-order chi connectivity index (χ1) is 12.2. The predicted octanol–water partition coefficient (Wildman–Crippen LogP) is 3.91. The minimum absolute atomic E-state index is 0.0338. The Morgan fingerprint density at radius 2 is 2.04 bits per heavy atom. The van der Waals surface area contributed by atoms with Crippen LogP contribution in [0.2, 0.25) is 0 Å². The molecular weight excluding hydrogens is 310 g/mol. The third-order valence-corrected chi connectivity index (χ3v) is 5.33. The number of hydrogen-bond acceptors (Lipinski definition) is 3. The van der Waals surface area contributed by atoms with Crippen molar-refractivity contribution in [3.63, 3.8) is 0 Å². The summed E-state index contributed by atoms with van der Waals surface area (Å²) in [6.45, 7) is 2.22. The molecule has 4 nitrogen and oxygen atoms in total. The average molecular weight is 333 g/mol. The van der Waals surface area contributed by atoms with Crippen LogP contribution in [-0.4, -0.2) is 16.0 Å². The number of benzene rings is 1. The zero-order chi connectivity index (χ0) is 17.2. The van der Waals surface area contributed by atoms with Crippen LogP contribution in [0.25, 0.3) is 10.9 Å². The van der Waals surface area contributed by atoms with Crippen LogP contribution in [-0.2, 0) is 0 Å². The Balaban J connectivity index is 1.47. The fourth-order valence-electron chi connectivity index (χ4n) is 4.03. The van der Waals surface area contributed by atoms with Crippen molar-refractivity contribution in [1.29, 1.82) is 0 Å². The summed E-state index contributed by atoms with van der Waals surface area (Å²) in [5.74, 6) is 0.521. The Labute approximate surface area is 147 Å². The molecule has 1 unspecified atom stereocenters. The van der Waals surface area contributed by atoms with E-state index in [1.165, 1.54) is 16.5 Å². The van der Waals surface area contributed by atoms with Crippen molar-refractivity contribution in [2.24, 2.45) is 0 Å². The number of aromatic amines is 1. The Kier molecular flexibility index (Phi) is 4.36. The van der Waals surface area contributed by atoms with Crippen LogP contribution >= 0.6 is 0 Å². The maximum atomic E-state index is 11.2. The molecule has 1 aliphatic rings. The quantitative estimate of drug-likeness (QED) is 0.761. The summed E-state index contributed by atoms with van der Waals surface area (Å²) in [4.78, 5) is 18.6. The molecule has 1 aromatic carbocycles. The highest BCUT2D eigenvalue weighted by Gasteiger charge is 2.27. The molecule has 1 saturated carbocycles. The Morgan fingerprint density at radius 1 is 1.16 bits per heavy atom. The van der Waals surface area contributed by atoms with Gasteiger partial charge >= 0.3 is 0 Å². The Hall–Kier alpha value is -2.46. The second-order valence-corrected chi connectivity index (χ2v) is 7.00. The molecule has 0 spiro atoms. The number of hydrogen-bond donors (Lipinski definition) is 2. The third kappa shape index (κ3) is 3.35. The zero-order valence-corrected chi connectivity index (χ0v) is 14.4. The first-order valence-corrected chi connectivity index (χ1v) is 8.99. The minimum atomic E-state index is -0.0338. The van der Waals surface area contributed by atoms with Crippen molar-refractivity contribution in [1.82, 2.24) is 15.3 Å². The summed E-state index contributed by atoms with van der Waals surface area (Å²) < 4.78 is 0. The van der Waals surface area contributed by atoms with Gasteiger partial charge in [-0.1, -0.05) is 30.3 Å². The van der Waals surface area contributed by atoms with E-state index in [2.05, 4.69) is 46.5 Å². The van der Waals surface area contributed by atoms with Crippen LogP contribution in [0.3, 0.4) is 0 Å². The molecule has 2 N–H and O–H groups in total. The van der Waals surface area contributed by atoms with Gasteiger partial charge in [0, 0.05) is 35.9 Å². The van der Waals surface area contributed by atoms with Crippen molar-refractivity contribution in [3.8, 4) is 0 Å². The van der Waals surface area contributed by atoms with E-state index >= 15 is 0 Å². The number of fused-ring (bicyclic) bond motifs is 1. The van der Waals surface area contributed by atoms with Gasteiger partial charge in [0.25, 0.3) is 0 Å². The lowest BCUT2D eigenvalue weighted by Crippen LogP contribution is -2.29. The van der Waals surface area contributed by atoms with E-state index in [1.807, 2.05) is 24.5 Å². The lowest BCUT2D eigenvalue weighted by Gasteiger charge is -2.21. The fraction of sp³-hybridized carbons (Fsp3) is 0.333. The molecule has 0 bridgehead atoms. The SMILES string of the molecule is C[C@@H](N[C@H]1CCC(c2ccc(=O)[nH]c2)C1)c1cccc2cccnc12. The van der Waals surface area contributed by atoms with Crippen molar-refractivity contribution >= 4 is 10.9 Å². The van der Waals surface area contributed by atoms with Gasteiger partial charge in [0.15, 0.2) is 0 Å². The lowest BCUT2D eigenvalue weighted by atomic mass is 9.99. The molecule has 2 heterocycles. The predicted molar refractivity (Wildman–Crippen MR) is 101 cm³/mol. The first kappa shape index (κ1) is 16.0. The maximum Gasteiger partial charge on any atom is 0.247 e. The van der Waals surface area contributed by atoms with Gasteiger partial charge in [-0.25, -0.2) is 0 Å². The van der Waals surface area contributed by atoms with E-state index in [4.69, 9.17) is 0 Å². The molecule has 4 rings (SSSR count). The van der Waals surface area contributed by atoms with Crippen LogP contribution < -0.4 is 10.9 Å². The zero-order valence-electron chi connectivity index (χ0n) is 14.4. The van der Waals surface area contributed by atoms with Gasteiger partial charge < -0.3 is 10.3 Å². The molecule has 25 heavy (non-hydrogen) atoms. The molecular formula is C21H23N3O. The van der Waals surface area contributed by atoms with Crippen LogP contribution in [0.1, 0.15) is 49.3 Å². The highest BCUT2D eigenvalue weighted by molar-refractivity contribution is 5.81. The average Bonchev–Trinajstić information content (AvgIpc) is 3.10. The van der Waals surface area contributed by atoms with Crippen LogP contribution in [0, 0.1) is 0 Å². The smallest absolute Gasteiger partial charge is 0.247 e. The third-order valence-electron chi connectivity index (χ3n) is 5.33. The van der Waals surface area contributed by atoms with E-state index in [9.17, 15) is 4.79 Å². The van der Waals surface area contributed by atoms with Gasteiger partial charge in [0.05, 0.1) is 5.52 Å². The number of nitrogens with one attached hydrogen (secondary N) is 2. The van der Waals surface area contributed by atoms with Gasteiger partial charge in [-0.05, 0) is 49.3 Å². The molecule has 3 atom stereocenters. The number of rotatable bonds is 4. The van der Waals surface area contributed by atoms with Gasteiger partial charge in [-0.2, -0.15) is 0 Å². The molecule has 3 aromatic rings. The number of H-pyrrole nitrogens is 1. The van der Waals surface area contributed by atoms with Crippen LogP contribution in [0.15, 0.2) is 59.7 Å². The maximum absolute atomic E-state index is 11.2. The molecule has 0 saturated heterocycles. The van der Waals surface area contributed by atoms with Gasteiger partial charge in [-0.15, -0.1) is 0 Å². The number of pyridine rings is 2. The summed E-state index contributed by atoms with van der Waals surface area (Å²) in [7, 11) is 0. The Bertz CT molecular complexity index is 908. The lowest BCUT2D eigenvalue weighted by molar-refractivity contribution is 0.458. The second-order valence-electron chi connectivity index (χ2n) is 7.00. The molecule has 128 valence electrons. The van der Waals surface area contributed by atoms with E-state index in [1.54, 1.807) is 6.07 Å². The molecule has 4 heteroatoms. The van der Waals surface area contributed by atoms with E-state index in [0.717, 1.165) is 24.8 Å². The Morgan fingerprint density at radius 3 is 2.88 bits per heavy atom. The number of aromatic nitrogens is 2. The van der Waals surface area contributed by atoms with E-state index in [-0.39, 0.29) is 11.6 Å². The molecule has 2 aromatic heterocycles. The van der Waals surface area contributed by atoms with Gasteiger partial charge in [0.2, 0.25) is 5.56 Å². The summed E-state index contributed by atoms with van der Waals surface area (Å²) in [5.41, 5.74) is 3.54. The normalized spacial score (nSPS) is 21.5. The van der Waals surface area contributed by atoms with Crippen molar-refractivity contribution in [2.75, 3.05) is 0 Å². The minimum Gasteiger partial charge on any atom is -0.329 e. The fourth-order valence-corrected chi connectivity index (χ4v) is 4.03. The molecule has 0 aliphatic heterocycles. The van der Waals surface area contributed by atoms with Crippen LogP contribution in [0.5, 0.6) is 0 Å². The second kappa shape index (κ2) is 6.81. The van der Waals surface area contributed by atoms with Crippen LogP contribution in [0.4, 0.5) is 0 Å². The standard InChI is InChI=1S/C21H23N3O/c1-14(19-6-2-4-15-5-3-11-22-21(15)19)24-18-9-7-16(12-18)17-8-10-20(25)23-13-17/h2-6,8,10-11,13-14,16,18,24H,7,9,12H2,1H3,(H,23,25)/t14-,16?,18+/m1/s1. The summed E-state index contributed by atoms with van der Waals surface area (Å²) in [6, 6.07) is 14.8. The van der Waals surface area contributed by atoms with Crippen molar-refractivity contribution in [2.45, 2.75) is 44.2 Å². The highest BCUT2D eigenvalue weighted by atomic mass is 16.1. The highest BCUT2D eigenvalue weighted by Crippen LogP contribution is 2.35. The molecule has 0 amide bonds. The van der Waals surface area contributed by atoms with Crippen molar-refractivity contribution < 1.29 is 0 Å². The van der Waals surface area contributed by atoms with Crippen molar-refractivity contribution in [3.05, 3.63) is 76.3 Å². The topological polar surface area (TPSA) is 57.8 Å². The number of nitrogens with zero attached hydrogens (tertiary/aromatic N) is 1. The molecule has 1 aliphatic carbocycles. The van der Waals surface area contributed by atoms with E-state index < -0.39 is 0 Å². The first-order valence-electron chi connectivity index (χ1n) is 8.99. The largest absolute Gasteiger partial charge is 0.329 e. The monoisotopic (exact) mass is 333 g/mol. The summed E-state index contributed by atoms with van der Waals surface area (Å²) >= 11 is 0. The summed E-state index contributed by atoms with van der Waals surface area (Å²) in [6.07, 6.45) is 7.15. The van der Waals surface area contributed by atoms with Gasteiger partial charge in [0.1, 0.15) is 0 Å².